The van der Waals surface area contributed by atoms with Crippen molar-refractivity contribution in [2.45, 2.75) is 24.9 Å². The van der Waals surface area contributed by atoms with Crippen molar-refractivity contribution >= 4 is 5.91 Å². The summed E-state index contributed by atoms with van der Waals surface area (Å²) in [5.41, 5.74) is 6.07. The number of carbonyl (C=O) groups is 1. The quantitative estimate of drug-likeness (QED) is 0.737. The molecule has 3 N–H and O–H groups in total. The first kappa shape index (κ1) is 9.21. The number of primary amides is 1. The molecule has 0 aliphatic heterocycles. The smallest absolute Gasteiger partial charge is 0.237 e. The third-order valence-corrected chi connectivity index (χ3v) is 2.70. The summed E-state index contributed by atoms with van der Waals surface area (Å²) in [5.74, 6) is -0.228. The van der Waals surface area contributed by atoms with Crippen LogP contribution in [0.3, 0.4) is 0 Å². The van der Waals surface area contributed by atoms with Crippen LogP contribution >= 0.6 is 0 Å². The van der Waals surface area contributed by atoms with E-state index in [0.717, 1.165) is 12.8 Å². The molecule has 1 aliphatic rings. The summed E-state index contributed by atoms with van der Waals surface area (Å²) in [6.07, 6.45) is 1.74. The van der Waals surface area contributed by atoms with Crippen LogP contribution in [0.5, 0.6) is 0 Å². The predicted octanol–water partition coefficient (Wildman–Crippen LogP) is 0.794. The van der Waals surface area contributed by atoms with Gasteiger partial charge in [-0.2, -0.15) is 0 Å². The lowest BCUT2D eigenvalue weighted by Crippen LogP contribution is -2.43. The highest BCUT2D eigenvalue weighted by molar-refractivity contribution is 5.87. The Morgan fingerprint density at radius 1 is 1.36 bits per heavy atom. The predicted molar refractivity (Wildman–Crippen MR) is 54.4 cm³/mol. The molecule has 3 heteroatoms. The number of nitrogens with one attached hydrogen (secondary N) is 1. The van der Waals surface area contributed by atoms with Crippen LogP contribution in [0.1, 0.15) is 18.4 Å². The molecule has 0 unspecified atom stereocenters. The molecule has 1 amide bonds. The van der Waals surface area contributed by atoms with E-state index in [1.54, 1.807) is 0 Å². The van der Waals surface area contributed by atoms with Crippen molar-refractivity contribution in [3.05, 3.63) is 35.9 Å². The number of amides is 1. The van der Waals surface area contributed by atoms with E-state index in [2.05, 4.69) is 5.32 Å². The summed E-state index contributed by atoms with van der Waals surface area (Å²) in [4.78, 5) is 11.1. The zero-order valence-electron chi connectivity index (χ0n) is 7.99. The molecule has 0 saturated heterocycles. The summed E-state index contributed by atoms with van der Waals surface area (Å²) in [7, 11) is 0. The normalized spacial score (nSPS) is 17.7. The molecule has 74 valence electrons. The van der Waals surface area contributed by atoms with Crippen molar-refractivity contribution in [2.75, 3.05) is 0 Å². The average Bonchev–Trinajstić information content (AvgIpc) is 2.97. The van der Waals surface area contributed by atoms with Gasteiger partial charge in [0.25, 0.3) is 0 Å². The maximum Gasteiger partial charge on any atom is 0.237 e. The third-order valence-electron chi connectivity index (χ3n) is 2.70. The second kappa shape index (κ2) is 3.42. The maximum atomic E-state index is 11.1. The molecule has 0 heterocycles. The first-order valence-electron chi connectivity index (χ1n) is 4.82. The lowest BCUT2D eigenvalue weighted by atomic mass is 10.2. The highest BCUT2D eigenvalue weighted by atomic mass is 16.1. The van der Waals surface area contributed by atoms with E-state index in [9.17, 15) is 4.79 Å². The molecule has 1 fully saturated rings. The molecule has 14 heavy (non-hydrogen) atoms. The van der Waals surface area contributed by atoms with Crippen LogP contribution in [0.25, 0.3) is 0 Å². The minimum Gasteiger partial charge on any atom is -0.368 e. The van der Waals surface area contributed by atoms with Gasteiger partial charge in [-0.15, -0.1) is 0 Å². The SMILES string of the molecule is NC(=O)C1(NCc2ccccc2)CC1. The van der Waals surface area contributed by atoms with Crippen molar-refractivity contribution in [3.8, 4) is 0 Å². The number of hydrogen-bond acceptors (Lipinski definition) is 2. The molecule has 3 nitrogen and oxygen atoms in total. The van der Waals surface area contributed by atoms with E-state index >= 15 is 0 Å². The molecule has 0 aromatic heterocycles. The molecule has 1 saturated carbocycles. The fraction of sp³-hybridized carbons (Fsp3) is 0.364. The molecule has 1 aromatic carbocycles. The van der Waals surface area contributed by atoms with Gasteiger partial charge in [-0.25, -0.2) is 0 Å². The Bertz CT molecular complexity index is 330. The lowest BCUT2D eigenvalue weighted by Gasteiger charge is -2.12. The van der Waals surface area contributed by atoms with Gasteiger partial charge in [-0.05, 0) is 18.4 Å². The highest BCUT2D eigenvalue weighted by Gasteiger charge is 2.47. The average molecular weight is 190 g/mol. The minimum atomic E-state index is -0.407. The second-order valence-electron chi connectivity index (χ2n) is 3.79. The van der Waals surface area contributed by atoms with Gasteiger partial charge >= 0.3 is 0 Å². The Kier molecular flexibility index (Phi) is 2.25. The Morgan fingerprint density at radius 2 is 2.00 bits per heavy atom. The van der Waals surface area contributed by atoms with E-state index < -0.39 is 5.54 Å². The molecule has 2 rings (SSSR count). The lowest BCUT2D eigenvalue weighted by molar-refractivity contribution is -0.121. The largest absolute Gasteiger partial charge is 0.368 e. The van der Waals surface area contributed by atoms with Crippen LogP contribution in [0.15, 0.2) is 30.3 Å². The number of rotatable bonds is 4. The number of carbonyl (C=O) groups excluding carboxylic acids is 1. The molecular weight excluding hydrogens is 176 g/mol. The van der Waals surface area contributed by atoms with E-state index in [1.165, 1.54) is 5.56 Å². The van der Waals surface area contributed by atoms with E-state index in [0.29, 0.717) is 6.54 Å². The topological polar surface area (TPSA) is 55.1 Å². The van der Waals surface area contributed by atoms with Crippen molar-refractivity contribution < 1.29 is 4.79 Å². The first-order chi connectivity index (χ1) is 6.73. The molecule has 0 radical (unpaired) electrons. The molecule has 0 atom stereocenters. The van der Waals surface area contributed by atoms with Gasteiger partial charge in [0, 0.05) is 6.54 Å². The van der Waals surface area contributed by atoms with Crippen LogP contribution in [0, 0.1) is 0 Å². The minimum absolute atomic E-state index is 0.228. The summed E-state index contributed by atoms with van der Waals surface area (Å²) >= 11 is 0. The monoisotopic (exact) mass is 190 g/mol. The zero-order chi connectivity index (χ0) is 10.0. The van der Waals surface area contributed by atoms with Gasteiger partial charge in [0.2, 0.25) is 5.91 Å². The fourth-order valence-corrected chi connectivity index (χ4v) is 1.50. The fourth-order valence-electron chi connectivity index (χ4n) is 1.50. The van der Waals surface area contributed by atoms with Gasteiger partial charge in [-0.1, -0.05) is 30.3 Å². The molecule has 1 aliphatic carbocycles. The van der Waals surface area contributed by atoms with Crippen molar-refractivity contribution in [1.82, 2.24) is 5.32 Å². The van der Waals surface area contributed by atoms with Gasteiger partial charge in [-0.3, -0.25) is 10.1 Å². The van der Waals surface area contributed by atoms with E-state index in [4.69, 9.17) is 5.73 Å². The molecule has 0 spiro atoms. The van der Waals surface area contributed by atoms with Crippen LogP contribution < -0.4 is 11.1 Å². The number of nitrogens with two attached hydrogens (primary N) is 1. The maximum absolute atomic E-state index is 11.1. The van der Waals surface area contributed by atoms with Crippen molar-refractivity contribution in [1.29, 1.82) is 0 Å². The van der Waals surface area contributed by atoms with Gasteiger partial charge in [0.1, 0.15) is 0 Å². The van der Waals surface area contributed by atoms with Crippen LogP contribution in [-0.2, 0) is 11.3 Å². The van der Waals surface area contributed by atoms with Crippen molar-refractivity contribution in [3.63, 3.8) is 0 Å². The first-order valence-corrected chi connectivity index (χ1v) is 4.82. The Morgan fingerprint density at radius 3 is 2.50 bits per heavy atom. The summed E-state index contributed by atoms with van der Waals surface area (Å²) in [6.45, 7) is 0.712. The Hall–Kier alpha value is -1.35. The van der Waals surface area contributed by atoms with Gasteiger partial charge in [0.15, 0.2) is 0 Å². The summed E-state index contributed by atoms with van der Waals surface area (Å²) < 4.78 is 0. The van der Waals surface area contributed by atoms with Gasteiger partial charge in [0.05, 0.1) is 5.54 Å². The number of benzene rings is 1. The van der Waals surface area contributed by atoms with Crippen LogP contribution in [-0.4, -0.2) is 11.4 Å². The van der Waals surface area contributed by atoms with Crippen LogP contribution in [0.4, 0.5) is 0 Å². The van der Waals surface area contributed by atoms with Gasteiger partial charge < -0.3 is 5.73 Å². The summed E-state index contributed by atoms with van der Waals surface area (Å²) in [6, 6.07) is 10.0. The molecule has 0 bridgehead atoms. The zero-order valence-corrected chi connectivity index (χ0v) is 7.99. The Labute approximate surface area is 83.3 Å². The van der Waals surface area contributed by atoms with E-state index in [-0.39, 0.29) is 5.91 Å². The molecular formula is C11H14N2O. The van der Waals surface area contributed by atoms with E-state index in [1.807, 2.05) is 30.3 Å². The second-order valence-corrected chi connectivity index (χ2v) is 3.79. The standard InChI is InChI=1S/C11H14N2O/c12-10(14)11(6-7-11)13-8-9-4-2-1-3-5-9/h1-5,13H,6-8H2,(H2,12,14). The number of hydrogen-bond donors (Lipinski definition) is 2. The van der Waals surface area contributed by atoms with Crippen LogP contribution in [0.2, 0.25) is 0 Å². The Balaban J connectivity index is 1.92. The third kappa shape index (κ3) is 1.77. The molecule has 1 aromatic rings. The summed E-state index contributed by atoms with van der Waals surface area (Å²) in [5, 5.41) is 3.21. The highest BCUT2D eigenvalue weighted by Crippen LogP contribution is 2.35. The van der Waals surface area contributed by atoms with Crippen molar-refractivity contribution in [2.24, 2.45) is 5.73 Å².